The van der Waals surface area contributed by atoms with E-state index in [9.17, 15) is 9.59 Å². The fourth-order valence-corrected chi connectivity index (χ4v) is 3.10. The summed E-state index contributed by atoms with van der Waals surface area (Å²) in [5.41, 5.74) is 0.683. The van der Waals surface area contributed by atoms with Gasteiger partial charge in [0.15, 0.2) is 0 Å². The molecule has 0 N–H and O–H groups in total. The second-order valence-corrected chi connectivity index (χ2v) is 6.50. The normalized spacial score (nSPS) is 15.0. The summed E-state index contributed by atoms with van der Waals surface area (Å²) in [5.74, 6) is -0.357. The van der Waals surface area contributed by atoms with Gasteiger partial charge in [0.2, 0.25) is 0 Å². The highest BCUT2D eigenvalue weighted by atomic mass is 35.5. The third-order valence-corrected chi connectivity index (χ3v) is 4.58. The molecule has 3 rings (SSSR count). The fraction of sp³-hybridized carbons (Fsp3) is 0.294. The Labute approximate surface area is 155 Å². The van der Waals surface area contributed by atoms with Gasteiger partial charge in [0.25, 0.3) is 11.8 Å². The molecule has 1 fully saturated rings. The highest BCUT2D eigenvalue weighted by Gasteiger charge is 2.25. The lowest BCUT2D eigenvalue weighted by Gasteiger charge is -2.22. The zero-order valence-corrected chi connectivity index (χ0v) is 14.9. The van der Waals surface area contributed by atoms with Crippen molar-refractivity contribution in [2.75, 3.05) is 26.2 Å². The van der Waals surface area contributed by atoms with Crippen LogP contribution in [0.2, 0.25) is 10.0 Å². The number of rotatable bonds is 2. The Bertz CT molecular complexity index is 785. The first-order chi connectivity index (χ1) is 12.1. The molecule has 8 heteroatoms. The van der Waals surface area contributed by atoms with Crippen LogP contribution in [0.1, 0.15) is 27.3 Å². The second kappa shape index (κ2) is 7.80. The average Bonchev–Trinajstić information content (AvgIpc) is 2.89. The molecule has 1 saturated heterocycles. The summed E-state index contributed by atoms with van der Waals surface area (Å²) in [6.45, 7) is 1.96. The minimum absolute atomic E-state index is 0.178. The molecule has 0 saturated carbocycles. The van der Waals surface area contributed by atoms with Crippen molar-refractivity contribution in [3.05, 3.63) is 58.1 Å². The van der Waals surface area contributed by atoms with E-state index in [2.05, 4.69) is 9.97 Å². The molecule has 0 aliphatic carbocycles. The number of hydrogen-bond acceptors (Lipinski definition) is 4. The Balaban J connectivity index is 1.70. The molecule has 25 heavy (non-hydrogen) atoms. The highest BCUT2D eigenvalue weighted by molar-refractivity contribution is 6.35. The van der Waals surface area contributed by atoms with Gasteiger partial charge in [-0.05, 0) is 24.6 Å². The van der Waals surface area contributed by atoms with E-state index in [1.807, 2.05) is 0 Å². The molecule has 1 aliphatic heterocycles. The largest absolute Gasteiger partial charge is 0.337 e. The van der Waals surface area contributed by atoms with Crippen LogP contribution >= 0.6 is 23.2 Å². The standard InChI is InChI=1S/C17H16Cl2N4O2/c18-12-2-3-14(19)13(10-12)16(24)22-6-1-7-23(9-8-22)17(25)15-11-20-4-5-21-15/h2-5,10-11H,1,6-9H2. The maximum atomic E-state index is 12.7. The maximum Gasteiger partial charge on any atom is 0.274 e. The number of benzene rings is 1. The first-order valence-electron chi connectivity index (χ1n) is 7.86. The second-order valence-electron chi connectivity index (χ2n) is 5.65. The molecule has 130 valence electrons. The Morgan fingerprint density at radius 3 is 2.36 bits per heavy atom. The molecule has 2 amide bonds. The topological polar surface area (TPSA) is 66.4 Å². The van der Waals surface area contributed by atoms with Crippen molar-refractivity contribution in [3.8, 4) is 0 Å². The minimum Gasteiger partial charge on any atom is -0.337 e. The molecular formula is C17H16Cl2N4O2. The lowest BCUT2D eigenvalue weighted by Crippen LogP contribution is -2.37. The number of amides is 2. The Morgan fingerprint density at radius 1 is 0.960 bits per heavy atom. The summed E-state index contributed by atoms with van der Waals surface area (Å²) in [7, 11) is 0. The molecule has 0 radical (unpaired) electrons. The molecule has 2 heterocycles. The summed E-state index contributed by atoms with van der Waals surface area (Å²) in [6, 6.07) is 4.82. The van der Waals surface area contributed by atoms with Crippen molar-refractivity contribution in [1.29, 1.82) is 0 Å². The molecular weight excluding hydrogens is 363 g/mol. The van der Waals surface area contributed by atoms with E-state index in [1.54, 1.807) is 28.0 Å². The summed E-state index contributed by atoms with van der Waals surface area (Å²) >= 11 is 12.1. The van der Waals surface area contributed by atoms with Crippen LogP contribution in [0.4, 0.5) is 0 Å². The molecule has 1 aromatic heterocycles. The summed E-state index contributed by atoms with van der Waals surface area (Å²) < 4.78 is 0. The predicted molar refractivity (Wildman–Crippen MR) is 94.9 cm³/mol. The number of hydrogen-bond donors (Lipinski definition) is 0. The highest BCUT2D eigenvalue weighted by Crippen LogP contribution is 2.22. The monoisotopic (exact) mass is 378 g/mol. The van der Waals surface area contributed by atoms with Gasteiger partial charge < -0.3 is 9.80 Å². The number of nitrogens with zero attached hydrogens (tertiary/aromatic N) is 4. The average molecular weight is 379 g/mol. The molecule has 1 aromatic carbocycles. The quantitative estimate of drug-likeness (QED) is 0.805. The Hall–Kier alpha value is -2.18. The number of carbonyl (C=O) groups is 2. The Kier molecular flexibility index (Phi) is 5.50. The van der Waals surface area contributed by atoms with Gasteiger partial charge in [0.05, 0.1) is 16.8 Å². The van der Waals surface area contributed by atoms with Crippen molar-refractivity contribution in [2.24, 2.45) is 0 Å². The lowest BCUT2D eigenvalue weighted by atomic mass is 10.2. The van der Waals surface area contributed by atoms with Crippen LogP contribution in [0.3, 0.4) is 0 Å². The van der Waals surface area contributed by atoms with Crippen LogP contribution < -0.4 is 0 Å². The number of halogens is 2. The van der Waals surface area contributed by atoms with E-state index in [1.165, 1.54) is 18.6 Å². The fourth-order valence-electron chi connectivity index (χ4n) is 2.73. The molecule has 2 aromatic rings. The van der Waals surface area contributed by atoms with E-state index in [0.717, 1.165) is 0 Å². The van der Waals surface area contributed by atoms with Gasteiger partial charge in [-0.15, -0.1) is 0 Å². The van der Waals surface area contributed by atoms with E-state index < -0.39 is 0 Å². The number of carbonyl (C=O) groups excluding carboxylic acids is 2. The van der Waals surface area contributed by atoms with Gasteiger partial charge in [-0.25, -0.2) is 4.98 Å². The van der Waals surface area contributed by atoms with Gasteiger partial charge in [0, 0.05) is 43.6 Å². The van der Waals surface area contributed by atoms with E-state index in [0.29, 0.717) is 53.9 Å². The zero-order chi connectivity index (χ0) is 17.8. The molecule has 6 nitrogen and oxygen atoms in total. The van der Waals surface area contributed by atoms with Crippen molar-refractivity contribution >= 4 is 35.0 Å². The van der Waals surface area contributed by atoms with E-state index in [-0.39, 0.29) is 11.8 Å². The van der Waals surface area contributed by atoms with Crippen molar-refractivity contribution in [3.63, 3.8) is 0 Å². The third kappa shape index (κ3) is 4.08. The van der Waals surface area contributed by atoms with Crippen LogP contribution in [0.5, 0.6) is 0 Å². The van der Waals surface area contributed by atoms with Gasteiger partial charge in [0.1, 0.15) is 5.69 Å². The Morgan fingerprint density at radius 2 is 1.68 bits per heavy atom. The molecule has 1 aliphatic rings. The lowest BCUT2D eigenvalue weighted by molar-refractivity contribution is 0.0715. The van der Waals surface area contributed by atoms with Gasteiger partial charge in [-0.1, -0.05) is 23.2 Å². The first kappa shape index (κ1) is 17.6. The minimum atomic E-state index is -0.179. The molecule has 0 spiro atoms. The van der Waals surface area contributed by atoms with Crippen LogP contribution in [0.15, 0.2) is 36.8 Å². The van der Waals surface area contributed by atoms with Crippen LogP contribution in [-0.4, -0.2) is 57.8 Å². The SMILES string of the molecule is O=C(c1cnccn1)N1CCCN(C(=O)c2cc(Cl)ccc2Cl)CC1. The number of aromatic nitrogens is 2. The maximum absolute atomic E-state index is 12.7. The summed E-state index contributed by atoms with van der Waals surface area (Å²) in [4.78, 5) is 36.6. The smallest absolute Gasteiger partial charge is 0.274 e. The van der Waals surface area contributed by atoms with Crippen LogP contribution in [0, 0.1) is 0 Å². The van der Waals surface area contributed by atoms with E-state index >= 15 is 0 Å². The van der Waals surface area contributed by atoms with E-state index in [4.69, 9.17) is 23.2 Å². The zero-order valence-electron chi connectivity index (χ0n) is 13.4. The van der Waals surface area contributed by atoms with Crippen molar-refractivity contribution < 1.29 is 9.59 Å². The van der Waals surface area contributed by atoms with Crippen molar-refractivity contribution in [2.45, 2.75) is 6.42 Å². The van der Waals surface area contributed by atoms with Gasteiger partial charge >= 0.3 is 0 Å². The van der Waals surface area contributed by atoms with Gasteiger partial charge in [-0.2, -0.15) is 0 Å². The molecule has 0 atom stereocenters. The summed E-state index contributed by atoms with van der Waals surface area (Å²) in [6.07, 6.45) is 5.13. The first-order valence-corrected chi connectivity index (χ1v) is 8.61. The van der Waals surface area contributed by atoms with Crippen molar-refractivity contribution in [1.82, 2.24) is 19.8 Å². The third-order valence-electron chi connectivity index (χ3n) is 4.01. The molecule has 0 bridgehead atoms. The van der Waals surface area contributed by atoms with Crippen LogP contribution in [-0.2, 0) is 0 Å². The van der Waals surface area contributed by atoms with Gasteiger partial charge in [-0.3, -0.25) is 14.6 Å². The summed E-state index contributed by atoms with van der Waals surface area (Å²) in [5, 5.41) is 0.827. The molecule has 0 unspecified atom stereocenters. The van der Waals surface area contributed by atoms with Crippen LogP contribution in [0.25, 0.3) is 0 Å². The predicted octanol–water partition coefficient (Wildman–Crippen LogP) is 2.77.